The number of amides is 1. The molecule has 0 bridgehead atoms. The molecule has 1 amide bonds. The van der Waals surface area contributed by atoms with E-state index in [-0.39, 0.29) is 18.6 Å². The number of carbonyl (C=O) groups excluding carboxylic acids is 1. The lowest BCUT2D eigenvalue weighted by Crippen LogP contribution is -2.34. The van der Waals surface area contributed by atoms with Gasteiger partial charge in [-0.05, 0) is 31.2 Å². The smallest absolute Gasteiger partial charge is 0.260 e. The van der Waals surface area contributed by atoms with Gasteiger partial charge >= 0.3 is 0 Å². The van der Waals surface area contributed by atoms with Crippen LogP contribution in [0.3, 0.4) is 0 Å². The molecule has 1 fully saturated rings. The van der Waals surface area contributed by atoms with Crippen LogP contribution in [0, 0.1) is 6.92 Å². The van der Waals surface area contributed by atoms with Crippen molar-refractivity contribution in [3.05, 3.63) is 60.2 Å². The summed E-state index contributed by atoms with van der Waals surface area (Å²) in [5, 5.41) is 0. The minimum atomic E-state index is 0.00439. The van der Waals surface area contributed by atoms with Gasteiger partial charge in [0.2, 0.25) is 0 Å². The SMILES string of the molecule is Cc1ccc(OCC(=O)N2CCC(Oc3ccccc3)C2)cc1. The standard InChI is InChI=1S/C19H21NO3/c1-15-7-9-16(10-8-15)22-14-19(21)20-12-11-18(13-20)23-17-5-3-2-4-6-17/h2-10,18H,11-14H2,1H3. The van der Waals surface area contributed by atoms with Gasteiger partial charge in [-0.2, -0.15) is 0 Å². The molecule has 0 aliphatic carbocycles. The Hall–Kier alpha value is -2.49. The number of hydrogen-bond acceptors (Lipinski definition) is 3. The molecule has 0 aromatic heterocycles. The zero-order valence-corrected chi connectivity index (χ0v) is 13.3. The molecule has 4 nitrogen and oxygen atoms in total. The Kier molecular flexibility index (Phi) is 4.81. The number of para-hydroxylation sites is 1. The second-order valence-electron chi connectivity index (χ2n) is 5.78. The summed E-state index contributed by atoms with van der Waals surface area (Å²) in [6.45, 7) is 3.42. The van der Waals surface area contributed by atoms with Gasteiger partial charge < -0.3 is 14.4 Å². The fourth-order valence-corrected chi connectivity index (χ4v) is 2.61. The van der Waals surface area contributed by atoms with Crippen molar-refractivity contribution in [1.82, 2.24) is 4.90 Å². The fraction of sp³-hybridized carbons (Fsp3) is 0.316. The summed E-state index contributed by atoms with van der Waals surface area (Å²) in [4.78, 5) is 14.0. The van der Waals surface area contributed by atoms with Crippen molar-refractivity contribution < 1.29 is 14.3 Å². The molecule has 3 rings (SSSR count). The van der Waals surface area contributed by atoms with E-state index in [0.717, 1.165) is 17.9 Å². The lowest BCUT2D eigenvalue weighted by molar-refractivity contribution is -0.132. The van der Waals surface area contributed by atoms with E-state index in [1.165, 1.54) is 5.56 Å². The van der Waals surface area contributed by atoms with E-state index in [1.54, 1.807) is 0 Å². The molecule has 4 heteroatoms. The number of likely N-dealkylation sites (tertiary alicyclic amines) is 1. The summed E-state index contributed by atoms with van der Waals surface area (Å²) in [5.74, 6) is 1.58. The van der Waals surface area contributed by atoms with E-state index < -0.39 is 0 Å². The molecule has 23 heavy (non-hydrogen) atoms. The highest BCUT2D eigenvalue weighted by Crippen LogP contribution is 2.18. The van der Waals surface area contributed by atoms with Crippen LogP contribution in [0.15, 0.2) is 54.6 Å². The summed E-state index contributed by atoms with van der Waals surface area (Å²) in [7, 11) is 0. The predicted octanol–water partition coefficient (Wildman–Crippen LogP) is 3.05. The number of rotatable bonds is 5. The minimum absolute atomic E-state index is 0.00439. The van der Waals surface area contributed by atoms with Crippen molar-refractivity contribution in [3.63, 3.8) is 0 Å². The van der Waals surface area contributed by atoms with Gasteiger partial charge in [-0.1, -0.05) is 35.9 Å². The number of hydrogen-bond donors (Lipinski definition) is 0. The number of carbonyl (C=O) groups is 1. The number of benzene rings is 2. The molecule has 2 aromatic rings. The van der Waals surface area contributed by atoms with Crippen LogP contribution < -0.4 is 9.47 Å². The normalized spacial score (nSPS) is 17.1. The van der Waals surface area contributed by atoms with Crippen molar-refractivity contribution in [2.24, 2.45) is 0 Å². The maximum atomic E-state index is 12.2. The maximum absolute atomic E-state index is 12.2. The molecule has 0 radical (unpaired) electrons. The first-order chi connectivity index (χ1) is 11.2. The average Bonchev–Trinajstić information content (AvgIpc) is 3.03. The zero-order chi connectivity index (χ0) is 16.1. The number of aryl methyl sites for hydroxylation is 1. The Morgan fingerprint density at radius 2 is 1.83 bits per heavy atom. The van der Waals surface area contributed by atoms with Crippen LogP contribution in [0.25, 0.3) is 0 Å². The van der Waals surface area contributed by atoms with Crippen molar-refractivity contribution in [3.8, 4) is 11.5 Å². The van der Waals surface area contributed by atoms with Crippen LogP contribution in [0.1, 0.15) is 12.0 Å². The minimum Gasteiger partial charge on any atom is -0.489 e. The monoisotopic (exact) mass is 311 g/mol. The number of nitrogens with zero attached hydrogens (tertiary/aromatic N) is 1. The highest BCUT2D eigenvalue weighted by Gasteiger charge is 2.27. The van der Waals surface area contributed by atoms with E-state index in [1.807, 2.05) is 66.4 Å². The topological polar surface area (TPSA) is 38.8 Å². The average molecular weight is 311 g/mol. The first kappa shape index (κ1) is 15.4. The molecule has 120 valence electrons. The van der Waals surface area contributed by atoms with Crippen molar-refractivity contribution in [1.29, 1.82) is 0 Å². The van der Waals surface area contributed by atoms with Gasteiger partial charge in [-0.3, -0.25) is 4.79 Å². The van der Waals surface area contributed by atoms with Crippen molar-refractivity contribution >= 4 is 5.91 Å². The Labute approximate surface area is 136 Å². The second-order valence-corrected chi connectivity index (χ2v) is 5.78. The Bertz CT molecular complexity index is 639. The van der Waals surface area contributed by atoms with E-state index in [4.69, 9.17) is 9.47 Å². The second kappa shape index (κ2) is 7.18. The van der Waals surface area contributed by atoms with E-state index in [2.05, 4.69) is 0 Å². The van der Waals surface area contributed by atoms with Crippen molar-refractivity contribution in [2.75, 3.05) is 19.7 Å². The molecule has 2 aromatic carbocycles. The van der Waals surface area contributed by atoms with Crippen LogP contribution in [0.5, 0.6) is 11.5 Å². The predicted molar refractivity (Wildman–Crippen MR) is 88.7 cm³/mol. The van der Waals surface area contributed by atoms with Gasteiger partial charge in [0.25, 0.3) is 5.91 Å². The molecule has 0 spiro atoms. The third-order valence-corrected chi connectivity index (χ3v) is 3.93. The van der Waals surface area contributed by atoms with Crippen LogP contribution in [0.2, 0.25) is 0 Å². The van der Waals surface area contributed by atoms with Crippen molar-refractivity contribution in [2.45, 2.75) is 19.4 Å². The summed E-state index contributed by atoms with van der Waals surface area (Å²) in [6.07, 6.45) is 0.909. The summed E-state index contributed by atoms with van der Waals surface area (Å²) >= 11 is 0. The van der Waals surface area contributed by atoms with Gasteiger partial charge in [-0.25, -0.2) is 0 Å². The van der Waals surface area contributed by atoms with Gasteiger partial charge in [0.1, 0.15) is 17.6 Å². The van der Waals surface area contributed by atoms with Gasteiger partial charge in [0.05, 0.1) is 6.54 Å². The lowest BCUT2D eigenvalue weighted by Gasteiger charge is -2.17. The third kappa shape index (κ3) is 4.25. The largest absolute Gasteiger partial charge is 0.489 e. The molecule has 0 saturated carbocycles. The fourth-order valence-electron chi connectivity index (χ4n) is 2.61. The molecule has 1 atom stereocenters. The first-order valence-electron chi connectivity index (χ1n) is 7.89. The Morgan fingerprint density at radius 3 is 2.57 bits per heavy atom. The lowest BCUT2D eigenvalue weighted by atomic mass is 10.2. The molecular formula is C19H21NO3. The Morgan fingerprint density at radius 1 is 1.09 bits per heavy atom. The highest BCUT2D eigenvalue weighted by atomic mass is 16.5. The van der Waals surface area contributed by atoms with E-state index in [9.17, 15) is 4.79 Å². The molecular weight excluding hydrogens is 290 g/mol. The molecule has 1 heterocycles. The van der Waals surface area contributed by atoms with E-state index in [0.29, 0.717) is 13.1 Å². The van der Waals surface area contributed by atoms with E-state index >= 15 is 0 Å². The van der Waals surface area contributed by atoms with Gasteiger partial charge in [-0.15, -0.1) is 0 Å². The first-order valence-corrected chi connectivity index (χ1v) is 7.89. The van der Waals surface area contributed by atoms with Crippen LogP contribution >= 0.6 is 0 Å². The molecule has 1 unspecified atom stereocenters. The van der Waals surface area contributed by atoms with Crippen LogP contribution in [-0.4, -0.2) is 36.6 Å². The van der Waals surface area contributed by atoms with Gasteiger partial charge in [0.15, 0.2) is 6.61 Å². The molecule has 1 saturated heterocycles. The zero-order valence-electron chi connectivity index (χ0n) is 13.3. The molecule has 1 aliphatic rings. The highest BCUT2D eigenvalue weighted by molar-refractivity contribution is 5.78. The van der Waals surface area contributed by atoms with Gasteiger partial charge in [0, 0.05) is 13.0 Å². The Balaban J connectivity index is 1.46. The van der Waals surface area contributed by atoms with Crippen LogP contribution in [-0.2, 0) is 4.79 Å². The summed E-state index contributed by atoms with van der Waals surface area (Å²) in [6, 6.07) is 17.4. The molecule has 1 aliphatic heterocycles. The molecule has 0 N–H and O–H groups in total. The van der Waals surface area contributed by atoms with Crippen LogP contribution in [0.4, 0.5) is 0 Å². The third-order valence-electron chi connectivity index (χ3n) is 3.93. The number of ether oxygens (including phenoxy) is 2. The quantitative estimate of drug-likeness (QED) is 0.852. The summed E-state index contributed by atoms with van der Waals surface area (Å²) in [5.41, 5.74) is 1.17. The maximum Gasteiger partial charge on any atom is 0.260 e. The summed E-state index contributed by atoms with van der Waals surface area (Å²) < 4.78 is 11.5.